The molecule has 3 heterocycles. The van der Waals surface area contributed by atoms with Crippen LogP contribution in [0.15, 0.2) is 106 Å². The molecule has 1 atom stereocenters. The summed E-state index contributed by atoms with van der Waals surface area (Å²) in [7, 11) is 0. The van der Waals surface area contributed by atoms with Gasteiger partial charge in [0.15, 0.2) is 16.3 Å². The number of fused-ring (bicyclic) bond motifs is 2. The van der Waals surface area contributed by atoms with Gasteiger partial charge in [-0.2, -0.15) is 5.26 Å². The van der Waals surface area contributed by atoms with Gasteiger partial charge in [-0.25, -0.2) is 9.79 Å². The van der Waals surface area contributed by atoms with Crippen LogP contribution in [-0.2, 0) is 16.1 Å². The first-order valence-electron chi connectivity index (χ1n) is 15.0. The summed E-state index contributed by atoms with van der Waals surface area (Å²) in [6.45, 7) is 2.19. The van der Waals surface area contributed by atoms with Crippen molar-refractivity contribution in [2.45, 2.75) is 19.6 Å². The van der Waals surface area contributed by atoms with Crippen molar-refractivity contribution in [2.75, 3.05) is 13.4 Å². The molecule has 7 rings (SSSR count). The van der Waals surface area contributed by atoms with Crippen LogP contribution in [0.3, 0.4) is 0 Å². The fraction of sp³-hybridized carbons (Fsp3) is 0.135. The number of carbonyl (C=O) groups excluding carboxylic acids is 1. The number of esters is 1. The van der Waals surface area contributed by atoms with Crippen molar-refractivity contribution in [3.05, 3.63) is 149 Å². The van der Waals surface area contributed by atoms with Gasteiger partial charge in [0.25, 0.3) is 5.56 Å². The first-order valence-corrected chi connectivity index (χ1v) is 16.2. The van der Waals surface area contributed by atoms with Gasteiger partial charge in [0.1, 0.15) is 12.4 Å². The third kappa shape index (κ3) is 5.97. The van der Waals surface area contributed by atoms with E-state index in [1.54, 1.807) is 55.5 Å². The molecule has 2 aliphatic rings. The minimum Gasteiger partial charge on any atom is -0.488 e. The Balaban J connectivity index is 1.39. The highest BCUT2D eigenvalue weighted by Gasteiger charge is 2.36. The smallest absolute Gasteiger partial charge is 0.338 e. The maximum Gasteiger partial charge on any atom is 0.338 e. The molecule has 0 aliphatic carbocycles. The second-order valence-electron chi connectivity index (χ2n) is 10.8. The number of ether oxygens (including phenoxy) is 4. The molecule has 0 N–H and O–H groups in total. The van der Waals surface area contributed by atoms with Gasteiger partial charge in [-0.3, -0.25) is 9.36 Å². The van der Waals surface area contributed by atoms with Crippen molar-refractivity contribution < 1.29 is 23.7 Å². The fourth-order valence-electron chi connectivity index (χ4n) is 5.58. The Bertz CT molecular complexity index is 2310. The third-order valence-electron chi connectivity index (χ3n) is 7.82. The Kier molecular flexibility index (Phi) is 8.55. The van der Waals surface area contributed by atoms with Gasteiger partial charge >= 0.3 is 5.97 Å². The van der Waals surface area contributed by atoms with Gasteiger partial charge in [0.05, 0.1) is 40.1 Å². The number of rotatable bonds is 8. The summed E-state index contributed by atoms with van der Waals surface area (Å²) in [5, 5.41) is 9.58. The summed E-state index contributed by atoms with van der Waals surface area (Å²) in [6, 6.07) is 28.2. The highest BCUT2D eigenvalue weighted by atomic mass is 35.5. The number of thiazole rings is 1. The summed E-state index contributed by atoms with van der Waals surface area (Å²) < 4.78 is 24.8. The van der Waals surface area contributed by atoms with E-state index in [4.69, 9.17) is 40.8 Å². The quantitative estimate of drug-likeness (QED) is 0.192. The lowest BCUT2D eigenvalue weighted by Crippen LogP contribution is -2.40. The van der Waals surface area contributed by atoms with Gasteiger partial charge in [0, 0.05) is 16.1 Å². The molecule has 0 bridgehead atoms. The molecule has 11 heteroatoms. The zero-order chi connectivity index (χ0) is 33.2. The molecule has 0 unspecified atom stereocenters. The largest absolute Gasteiger partial charge is 0.488 e. The minimum absolute atomic E-state index is 0.0760. The number of hydrogen-bond acceptors (Lipinski definition) is 9. The summed E-state index contributed by atoms with van der Waals surface area (Å²) in [4.78, 5) is 33.5. The van der Waals surface area contributed by atoms with E-state index in [0.717, 1.165) is 5.56 Å². The number of hydrogen-bond donors (Lipinski definition) is 0. The van der Waals surface area contributed by atoms with Crippen molar-refractivity contribution in [1.29, 1.82) is 5.26 Å². The van der Waals surface area contributed by atoms with Crippen LogP contribution >= 0.6 is 22.9 Å². The Morgan fingerprint density at radius 1 is 1.06 bits per heavy atom. The molecular formula is C37H26ClN3O6S. The molecule has 0 amide bonds. The van der Waals surface area contributed by atoms with E-state index in [1.807, 2.05) is 48.5 Å². The molecule has 4 aromatic carbocycles. The van der Waals surface area contributed by atoms with E-state index in [9.17, 15) is 9.59 Å². The number of aromatic nitrogens is 1. The number of carbonyl (C=O) groups is 1. The Morgan fingerprint density at radius 2 is 1.85 bits per heavy atom. The molecule has 0 fully saturated rings. The van der Waals surface area contributed by atoms with Gasteiger partial charge in [-0.1, -0.05) is 71.5 Å². The molecule has 5 aromatic rings. The Hall–Kier alpha value is -5.63. The lowest BCUT2D eigenvalue weighted by atomic mass is 9.93. The van der Waals surface area contributed by atoms with Crippen LogP contribution in [0.25, 0.3) is 11.8 Å². The zero-order valence-electron chi connectivity index (χ0n) is 25.5. The minimum atomic E-state index is -0.876. The standard InChI is InChI=1S/C37H26ClN3O6S/c1-2-44-36(43)32-33(24-6-4-3-5-7-24)40-37-41(34(32)25-12-14-29-30(17-25)47-21-46-29)35(42)31(48-37)18-26-16-27(38)13-15-28(26)45-20-23-10-8-22(19-39)9-11-23/h3-18,34H,2,20-21H2,1H3/b31-18+/t34-/m1/s1. The van der Waals surface area contributed by atoms with Gasteiger partial charge in [-0.05, 0) is 66.6 Å². The average Bonchev–Trinajstić information content (AvgIpc) is 3.71. The number of nitrogens with zero attached hydrogens (tertiary/aromatic N) is 3. The van der Waals surface area contributed by atoms with E-state index < -0.39 is 12.0 Å². The molecule has 0 saturated heterocycles. The maximum atomic E-state index is 14.4. The van der Waals surface area contributed by atoms with E-state index in [0.29, 0.717) is 59.6 Å². The number of benzene rings is 4. The normalized spacial score (nSPS) is 15.0. The van der Waals surface area contributed by atoms with Crippen LogP contribution in [0.2, 0.25) is 5.02 Å². The van der Waals surface area contributed by atoms with E-state index in [2.05, 4.69) is 6.07 Å². The highest BCUT2D eigenvalue weighted by Crippen LogP contribution is 2.40. The first kappa shape index (κ1) is 31.0. The number of nitriles is 1. The van der Waals surface area contributed by atoms with Gasteiger partial charge in [0.2, 0.25) is 6.79 Å². The zero-order valence-corrected chi connectivity index (χ0v) is 27.1. The van der Waals surface area contributed by atoms with Crippen LogP contribution in [0.4, 0.5) is 0 Å². The molecule has 238 valence electrons. The van der Waals surface area contributed by atoms with Crippen LogP contribution in [0.5, 0.6) is 17.2 Å². The maximum absolute atomic E-state index is 14.4. The fourth-order valence-corrected chi connectivity index (χ4v) is 6.75. The lowest BCUT2D eigenvalue weighted by molar-refractivity contribution is -0.138. The predicted octanol–water partition coefficient (Wildman–Crippen LogP) is 5.77. The second-order valence-corrected chi connectivity index (χ2v) is 12.3. The summed E-state index contributed by atoms with van der Waals surface area (Å²) >= 11 is 7.61. The molecule has 2 aliphatic heterocycles. The molecule has 48 heavy (non-hydrogen) atoms. The first-order chi connectivity index (χ1) is 23.4. The van der Waals surface area contributed by atoms with Crippen LogP contribution in [0.1, 0.15) is 40.8 Å². The van der Waals surface area contributed by atoms with Gasteiger partial charge in [-0.15, -0.1) is 0 Å². The van der Waals surface area contributed by atoms with Crippen molar-refractivity contribution >= 4 is 40.7 Å². The summed E-state index contributed by atoms with van der Waals surface area (Å²) in [5.41, 5.74) is 3.65. The lowest BCUT2D eigenvalue weighted by Gasteiger charge is -2.26. The van der Waals surface area contributed by atoms with Crippen LogP contribution < -0.4 is 29.1 Å². The van der Waals surface area contributed by atoms with Crippen LogP contribution in [-0.4, -0.2) is 23.9 Å². The van der Waals surface area contributed by atoms with Gasteiger partial charge < -0.3 is 18.9 Å². The van der Waals surface area contributed by atoms with Crippen molar-refractivity contribution in [3.63, 3.8) is 0 Å². The third-order valence-corrected chi connectivity index (χ3v) is 9.04. The molecule has 0 spiro atoms. The summed E-state index contributed by atoms with van der Waals surface area (Å²) in [6.07, 6.45) is 1.72. The van der Waals surface area contributed by atoms with Crippen molar-refractivity contribution in [2.24, 2.45) is 4.99 Å². The molecule has 1 aromatic heterocycles. The highest BCUT2D eigenvalue weighted by molar-refractivity contribution is 7.07. The van der Waals surface area contributed by atoms with Crippen molar-refractivity contribution in [3.8, 4) is 23.3 Å². The molecular weight excluding hydrogens is 650 g/mol. The monoisotopic (exact) mass is 675 g/mol. The topological polar surface area (TPSA) is 112 Å². The number of halogens is 1. The van der Waals surface area contributed by atoms with Crippen LogP contribution in [0, 0.1) is 11.3 Å². The molecule has 0 radical (unpaired) electrons. The van der Waals surface area contributed by atoms with E-state index >= 15 is 0 Å². The van der Waals surface area contributed by atoms with E-state index in [1.165, 1.54) is 15.9 Å². The van der Waals surface area contributed by atoms with Crippen molar-refractivity contribution in [1.82, 2.24) is 4.57 Å². The average molecular weight is 676 g/mol. The predicted molar refractivity (Wildman–Crippen MR) is 181 cm³/mol. The SMILES string of the molecule is CCOC(=O)C1=C(c2ccccc2)N=c2s/c(=C/c3cc(Cl)ccc3OCc3ccc(C#N)cc3)c(=O)n2[C@@H]1c1ccc2c(c1)OCO2. The Morgan fingerprint density at radius 3 is 2.62 bits per heavy atom. The second kappa shape index (κ2) is 13.2. The summed E-state index contributed by atoms with van der Waals surface area (Å²) in [5.74, 6) is 1.02. The molecule has 0 saturated carbocycles. The van der Waals surface area contributed by atoms with E-state index in [-0.39, 0.29) is 31.1 Å². The molecule has 9 nitrogen and oxygen atoms in total. The Labute approximate surface area is 283 Å².